The Bertz CT molecular complexity index is 462. The molecule has 0 fully saturated rings. The average molecular weight is 292 g/mol. The number of amides is 2. The Labute approximate surface area is 126 Å². The van der Waals surface area contributed by atoms with Crippen molar-refractivity contribution in [1.82, 2.24) is 9.80 Å². The summed E-state index contributed by atoms with van der Waals surface area (Å²) >= 11 is 0. The van der Waals surface area contributed by atoms with Crippen molar-refractivity contribution in [3.05, 3.63) is 35.9 Å². The second-order valence-corrected chi connectivity index (χ2v) is 5.22. The molecule has 0 saturated heterocycles. The number of carbonyl (C=O) groups excluding carboxylic acids is 1. The number of carbonyl (C=O) groups is 2. The van der Waals surface area contributed by atoms with Crippen LogP contribution in [-0.2, 0) is 11.2 Å². The molecule has 1 rings (SSSR count). The summed E-state index contributed by atoms with van der Waals surface area (Å²) in [5, 5.41) is 8.95. The van der Waals surface area contributed by atoms with Gasteiger partial charge in [-0.05, 0) is 25.3 Å². The van der Waals surface area contributed by atoms with Crippen LogP contribution in [0.15, 0.2) is 30.3 Å². The van der Waals surface area contributed by atoms with E-state index in [1.54, 1.807) is 11.9 Å². The molecule has 0 aliphatic carbocycles. The summed E-state index contributed by atoms with van der Waals surface area (Å²) in [6.45, 7) is 4.11. The summed E-state index contributed by atoms with van der Waals surface area (Å²) in [6, 6.07) is 9.59. The predicted molar refractivity (Wildman–Crippen MR) is 82.3 cm³/mol. The van der Waals surface area contributed by atoms with Gasteiger partial charge in [-0.1, -0.05) is 37.3 Å². The van der Waals surface area contributed by atoms with E-state index in [4.69, 9.17) is 5.11 Å². The van der Waals surface area contributed by atoms with Gasteiger partial charge in [0, 0.05) is 19.6 Å². The minimum absolute atomic E-state index is 0.0900. The molecule has 21 heavy (non-hydrogen) atoms. The lowest BCUT2D eigenvalue weighted by atomic mass is 10.1. The number of hydrogen-bond donors (Lipinski definition) is 1. The number of nitrogens with zero attached hydrogens (tertiary/aromatic N) is 2. The van der Waals surface area contributed by atoms with Gasteiger partial charge in [0.25, 0.3) is 0 Å². The minimum atomic E-state index is -0.986. The van der Waals surface area contributed by atoms with Crippen molar-refractivity contribution in [3.63, 3.8) is 0 Å². The van der Waals surface area contributed by atoms with Crippen LogP contribution in [-0.4, -0.2) is 53.1 Å². The van der Waals surface area contributed by atoms with E-state index in [0.29, 0.717) is 6.54 Å². The maximum Gasteiger partial charge on any atom is 0.323 e. The first-order chi connectivity index (χ1) is 9.95. The largest absolute Gasteiger partial charge is 0.480 e. The zero-order valence-electron chi connectivity index (χ0n) is 13.0. The monoisotopic (exact) mass is 292 g/mol. The Morgan fingerprint density at radius 3 is 2.38 bits per heavy atom. The third-order valence-corrected chi connectivity index (χ3v) is 3.58. The van der Waals surface area contributed by atoms with Gasteiger partial charge in [-0.15, -0.1) is 0 Å². The smallest absolute Gasteiger partial charge is 0.323 e. The normalized spacial score (nSPS) is 11.8. The number of rotatable bonds is 7. The molecule has 1 N–H and O–H groups in total. The molecule has 5 nitrogen and oxygen atoms in total. The van der Waals surface area contributed by atoms with Gasteiger partial charge in [0.05, 0.1) is 0 Å². The Hall–Kier alpha value is -2.04. The van der Waals surface area contributed by atoms with Crippen LogP contribution >= 0.6 is 0 Å². The number of benzene rings is 1. The van der Waals surface area contributed by atoms with Crippen molar-refractivity contribution in [3.8, 4) is 0 Å². The van der Waals surface area contributed by atoms with E-state index in [1.807, 2.05) is 44.2 Å². The number of urea groups is 1. The van der Waals surface area contributed by atoms with Gasteiger partial charge in [0.1, 0.15) is 6.54 Å². The van der Waals surface area contributed by atoms with Crippen LogP contribution in [0.1, 0.15) is 25.8 Å². The molecule has 0 saturated carbocycles. The molecular formula is C16H24N2O3. The molecule has 0 radical (unpaired) electrons. The third kappa shape index (κ3) is 5.45. The number of hydrogen-bond acceptors (Lipinski definition) is 2. The number of likely N-dealkylation sites (N-methyl/N-ethyl adjacent to an activating group) is 1. The van der Waals surface area contributed by atoms with E-state index in [9.17, 15) is 9.59 Å². The highest BCUT2D eigenvalue weighted by atomic mass is 16.4. The average Bonchev–Trinajstić information content (AvgIpc) is 2.49. The second-order valence-electron chi connectivity index (χ2n) is 5.22. The summed E-state index contributed by atoms with van der Waals surface area (Å²) in [6.07, 6.45) is 1.48. The van der Waals surface area contributed by atoms with Crippen LogP contribution < -0.4 is 0 Å². The Morgan fingerprint density at radius 2 is 1.86 bits per heavy atom. The topological polar surface area (TPSA) is 60.9 Å². The lowest BCUT2D eigenvalue weighted by Crippen LogP contribution is -2.48. The van der Waals surface area contributed by atoms with Crippen LogP contribution in [0.3, 0.4) is 0 Å². The molecule has 1 atom stereocenters. The third-order valence-electron chi connectivity index (χ3n) is 3.58. The van der Waals surface area contributed by atoms with Crippen molar-refractivity contribution < 1.29 is 14.7 Å². The van der Waals surface area contributed by atoms with E-state index < -0.39 is 5.97 Å². The molecule has 0 aromatic heterocycles. The van der Waals surface area contributed by atoms with Gasteiger partial charge in [-0.3, -0.25) is 4.79 Å². The molecule has 0 aliphatic rings. The van der Waals surface area contributed by atoms with E-state index in [-0.39, 0.29) is 18.6 Å². The summed E-state index contributed by atoms with van der Waals surface area (Å²) in [4.78, 5) is 26.3. The zero-order valence-corrected chi connectivity index (χ0v) is 13.0. The van der Waals surface area contributed by atoms with Crippen LogP contribution in [0.25, 0.3) is 0 Å². The number of carboxylic acid groups (broad SMARTS) is 1. The fraction of sp³-hybridized carbons (Fsp3) is 0.500. The van der Waals surface area contributed by atoms with E-state index >= 15 is 0 Å². The standard InChI is InChI=1S/C16H24N2O3/c1-4-13(2)18(12-15(19)20)16(21)17(3)11-10-14-8-6-5-7-9-14/h5-9,13H,4,10-12H2,1-3H3,(H,19,20). The number of aliphatic carboxylic acids is 1. The van der Waals surface area contributed by atoms with Crippen molar-refractivity contribution in [2.75, 3.05) is 20.1 Å². The van der Waals surface area contributed by atoms with E-state index in [1.165, 1.54) is 4.90 Å². The van der Waals surface area contributed by atoms with Gasteiger partial charge in [-0.2, -0.15) is 0 Å². The maximum atomic E-state index is 12.4. The molecule has 0 spiro atoms. The van der Waals surface area contributed by atoms with Crippen molar-refractivity contribution in [2.45, 2.75) is 32.7 Å². The lowest BCUT2D eigenvalue weighted by molar-refractivity contribution is -0.138. The zero-order chi connectivity index (χ0) is 15.8. The summed E-state index contributed by atoms with van der Waals surface area (Å²) in [7, 11) is 1.71. The molecule has 0 aliphatic heterocycles. The molecule has 116 valence electrons. The maximum absolute atomic E-state index is 12.4. The summed E-state index contributed by atoms with van der Waals surface area (Å²) in [5.41, 5.74) is 1.16. The summed E-state index contributed by atoms with van der Waals surface area (Å²) in [5.74, 6) is -0.986. The van der Waals surface area contributed by atoms with Crippen LogP contribution in [0.2, 0.25) is 0 Å². The van der Waals surface area contributed by atoms with E-state index in [0.717, 1.165) is 18.4 Å². The highest BCUT2D eigenvalue weighted by molar-refractivity contribution is 5.80. The van der Waals surface area contributed by atoms with Crippen LogP contribution in [0.5, 0.6) is 0 Å². The van der Waals surface area contributed by atoms with Crippen molar-refractivity contribution >= 4 is 12.0 Å². The van der Waals surface area contributed by atoms with Crippen LogP contribution in [0.4, 0.5) is 4.79 Å². The lowest BCUT2D eigenvalue weighted by Gasteiger charge is -2.31. The molecule has 5 heteroatoms. The van der Waals surface area contributed by atoms with Crippen molar-refractivity contribution in [1.29, 1.82) is 0 Å². The molecule has 1 aromatic rings. The number of carboxylic acids is 1. The second kappa shape index (κ2) is 8.29. The first-order valence-electron chi connectivity index (χ1n) is 7.23. The molecule has 1 aromatic carbocycles. The van der Waals surface area contributed by atoms with Crippen molar-refractivity contribution in [2.24, 2.45) is 0 Å². The fourth-order valence-electron chi connectivity index (χ4n) is 2.03. The molecular weight excluding hydrogens is 268 g/mol. The SMILES string of the molecule is CCC(C)N(CC(=O)O)C(=O)N(C)CCc1ccccc1. The Morgan fingerprint density at radius 1 is 1.24 bits per heavy atom. The highest BCUT2D eigenvalue weighted by Crippen LogP contribution is 2.08. The predicted octanol–water partition coefficient (Wildman–Crippen LogP) is 2.47. The summed E-state index contributed by atoms with van der Waals surface area (Å²) < 4.78 is 0. The molecule has 0 heterocycles. The van der Waals surface area contributed by atoms with Gasteiger partial charge >= 0.3 is 12.0 Å². The van der Waals surface area contributed by atoms with E-state index in [2.05, 4.69) is 0 Å². The molecule has 2 amide bonds. The molecule has 1 unspecified atom stereocenters. The highest BCUT2D eigenvalue weighted by Gasteiger charge is 2.24. The van der Waals surface area contributed by atoms with Gasteiger partial charge in [-0.25, -0.2) is 4.79 Å². The fourth-order valence-corrected chi connectivity index (χ4v) is 2.03. The minimum Gasteiger partial charge on any atom is -0.480 e. The quantitative estimate of drug-likeness (QED) is 0.839. The first kappa shape index (κ1) is 17.0. The van der Waals surface area contributed by atoms with Gasteiger partial charge < -0.3 is 14.9 Å². The molecule has 0 bridgehead atoms. The van der Waals surface area contributed by atoms with Gasteiger partial charge in [0.15, 0.2) is 0 Å². The van der Waals surface area contributed by atoms with Crippen LogP contribution in [0, 0.1) is 0 Å². The Balaban J connectivity index is 2.62. The van der Waals surface area contributed by atoms with Gasteiger partial charge in [0.2, 0.25) is 0 Å². The Kier molecular flexibility index (Phi) is 6.72. The first-order valence-corrected chi connectivity index (χ1v) is 7.23.